The summed E-state index contributed by atoms with van der Waals surface area (Å²) in [5, 5.41) is 7.46. The van der Waals surface area contributed by atoms with Crippen molar-refractivity contribution in [3.05, 3.63) is 35.5 Å². The van der Waals surface area contributed by atoms with E-state index >= 15 is 0 Å². The molecule has 0 unspecified atom stereocenters. The van der Waals surface area contributed by atoms with Gasteiger partial charge >= 0.3 is 0 Å². The van der Waals surface area contributed by atoms with Gasteiger partial charge in [0, 0.05) is 5.56 Å². The molecule has 1 aromatic heterocycles. The molecule has 4 nitrogen and oxygen atoms in total. The smallest absolute Gasteiger partial charge is 0.247 e. The lowest BCUT2D eigenvalue weighted by atomic mass is 10.1. The third-order valence-electron chi connectivity index (χ3n) is 2.06. The summed E-state index contributed by atoms with van der Waals surface area (Å²) in [6.45, 7) is 1.87. The molecule has 0 atom stereocenters. The molecule has 2 rings (SSSR count). The van der Waals surface area contributed by atoms with E-state index in [-0.39, 0.29) is 18.3 Å². The molecular formula is C10H10FN3O. The lowest BCUT2D eigenvalue weighted by Gasteiger charge is -1.97. The van der Waals surface area contributed by atoms with Crippen LogP contribution < -0.4 is 5.73 Å². The Morgan fingerprint density at radius 2 is 2.20 bits per heavy atom. The van der Waals surface area contributed by atoms with E-state index in [4.69, 9.17) is 10.2 Å². The Morgan fingerprint density at radius 3 is 2.80 bits per heavy atom. The summed E-state index contributed by atoms with van der Waals surface area (Å²) in [5.41, 5.74) is 6.47. The van der Waals surface area contributed by atoms with Crippen LogP contribution in [0.4, 0.5) is 4.39 Å². The Labute approximate surface area is 85.9 Å². The first-order valence-corrected chi connectivity index (χ1v) is 4.49. The van der Waals surface area contributed by atoms with E-state index in [0.29, 0.717) is 17.0 Å². The first-order valence-electron chi connectivity index (χ1n) is 4.49. The molecule has 15 heavy (non-hydrogen) atoms. The van der Waals surface area contributed by atoms with Crippen molar-refractivity contribution in [3.63, 3.8) is 0 Å². The number of aryl methyl sites for hydroxylation is 1. The summed E-state index contributed by atoms with van der Waals surface area (Å²) in [7, 11) is 0. The van der Waals surface area contributed by atoms with Crippen molar-refractivity contribution < 1.29 is 8.81 Å². The molecule has 0 radical (unpaired) electrons. The van der Waals surface area contributed by atoms with Gasteiger partial charge in [0.05, 0.1) is 6.54 Å². The molecule has 0 fully saturated rings. The number of hydrogen-bond acceptors (Lipinski definition) is 4. The van der Waals surface area contributed by atoms with Gasteiger partial charge in [-0.3, -0.25) is 0 Å². The van der Waals surface area contributed by atoms with E-state index in [0.717, 1.165) is 0 Å². The quantitative estimate of drug-likeness (QED) is 0.813. The van der Waals surface area contributed by atoms with Gasteiger partial charge in [0.1, 0.15) is 5.82 Å². The number of nitrogens with two attached hydrogens (primary N) is 1. The summed E-state index contributed by atoms with van der Waals surface area (Å²) in [6, 6.07) is 4.76. The van der Waals surface area contributed by atoms with E-state index in [1.165, 1.54) is 6.07 Å². The molecule has 0 saturated heterocycles. The van der Waals surface area contributed by atoms with E-state index in [9.17, 15) is 4.39 Å². The molecule has 2 N–H and O–H groups in total. The third-order valence-corrected chi connectivity index (χ3v) is 2.06. The zero-order valence-electron chi connectivity index (χ0n) is 8.20. The van der Waals surface area contributed by atoms with Gasteiger partial charge in [-0.2, -0.15) is 0 Å². The van der Waals surface area contributed by atoms with Crippen molar-refractivity contribution in [2.45, 2.75) is 13.5 Å². The van der Waals surface area contributed by atoms with Crippen LogP contribution in [0.25, 0.3) is 11.5 Å². The molecule has 0 saturated carbocycles. The summed E-state index contributed by atoms with van der Waals surface area (Å²) >= 11 is 0. The molecule has 2 aromatic rings. The Hall–Kier alpha value is -1.75. The zero-order valence-corrected chi connectivity index (χ0v) is 8.20. The van der Waals surface area contributed by atoms with Crippen LogP contribution in [-0.4, -0.2) is 10.2 Å². The van der Waals surface area contributed by atoms with Gasteiger partial charge in [0.25, 0.3) is 0 Å². The first-order chi connectivity index (χ1) is 7.20. The molecular weight excluding hydrogens is 197 g/mol. The fourth-order valence-corrected chi connectivity index (χ4v) is 1.18. The minimum atomic E-state index is -0.292. The van der Waals surface area contributed by atoms with E-state index < -0.39 is 0 Å². The monoisotopic (exact) mass is 207 g/mol. The lowest BCUT2D eigenvalue weighted by molar-refractivity contribution is 0.508. The summed E-state index contributed by atoms with van der Waals surface area (Å²) in [6.07, 6.45) is 0. The van der Waals surface area contributed by atoms with Crippen LogP contribution in [0.15, 0.2) is 22.6 Å². The van der Waals surface area contributed by atoms with Gasteiger partial charge < -0.3 is 10.2 Å². The zero-order chi connectivity index (χ0) is 10.8. The van der Waals surface area contributed by atoms with Crippen molar-refractivity contribution >= 4 is 0 Å². The molecule has 1 heterocycles. The second-order valence-electron chi connectivity index (χ2n) is 3.17. The number of halogens is 1. The number of benzene rings is 1. The Bertz CT molecular complexity index is 481. The molecule has 0 aliphatic carbocycles. The Balaban J connectivity index is 2.40. The fraction of sp³-hybridized carbons (Fsp3) is 0.200. The van der Waals surface area contributed by atoms with Crippen molar-refractivity contribution in [2.24, 2.45) is 5.73 Å². The van der Waals surface area contributed by atoms with E-state index in [1.807, 2.05) is 0 Å². The van der Waals surface area contributed by atoms with Gasteiger partial charge in [0.2, 0.25) is 11.8 Å². The van der Waals surface area contributed by atoms with Crippen LogP contribution in [0.3, 0.4) is 0 Å². The maximum atomic E-state index is 13.2. The minimum absolute atomic E-state index is 0.182. The highest BCUT2D eigenvalue weighted by atomic mass is 19.1. The van der Waals surface area contributed by atoms with Crippen molar-refractivity contribution in [1.29, 1.82) is 0 Å². The highest BCUT2D eigenvalue weighted by Crippen LogP contribution is 2.20. The maximum Gasteiger partial charge on any atom is 0.247 e. The Morgan fingerprint density at radius 1 is 1.40 bits per heavy atom. The normalized spacial score (nSPS) is 10.6. The number of nitrogens with zero attached hydrogens (tertiary/aromatic N) is 2. The second kappa shape index (κ2) is 3.78. The molecule has 78 valence electrons. The minimum Gasteiger partial charge on any atom is -0.419 e. The molecule has 0 aliphatic rings. The van der Waals surface area contributed by atoms with Gasteiger partial charge in [-0.05, 0) is 24.6 Å². The van der Waals surface area contributed by atoms with E-state index in [2.05, 4.69) is 10.2 Å². The maximum absolute atomic E-state index is 13.2. The van der Waals surface area contributed by atoms with Crippen LogP contribution in [0.1, 0.15) is 11.5 Å². The summed E-state index contributed by atoms with van der Waals surface area (Å²) in [4.78, 5) is 0. The van der Waals surface area contributed by atoms with Crippen LogP contribution in [0, 0.1) is 12.7 Å². The largest absolute Gasteiger partial charge is 0.419 e. The van der Waals surface area contributed by atoms with Crippen molar-refractivity contribution in [1.82, 2.24) is 10.2 Å². The van der Waals surface area contributed by atoms with Crippen LogP contribution in [0.5, 0.6) is 0 Å². The summed E-state index contributed by atoms with van der Waals surface area (Å²) in [5.74, 6) is 0.334. The second-order valence-corrected chi connectivity index (χ2v) is 3.17. The predicted octanol–water partition coefficient (Wildman–Crippen LogP) is 1.64. The molecule has 0 amide bonds. The number of hydrogen-bond donors (Lipinski definition) is 1. The average Bonchev–Trinajstić information content (AvgIpc) is 2.70. The topological polar surface area (TPSA) is 64.9 Å². The molecule has 1 aromatic carbocycles. The average molecular weight is 207 g/mol. The fourth-order valence-electron chi connectivity index (χ4n) is 1.18. The number of aromatic nitrogens is 2. The first kappa shape index (κ1) is 9.79. The number of rotatable bonds is 2. The van der Waals surface area contributed by atoms with Gasteiger partial charge in [-0.15, -0.1) is 10.2 Å². The highest BCUT2D eigenvalue weighted by Gasteiger charge is 2.08. The molecule has 5 heteroatoms. The highest BCUT2D eigenvalue weighted by molar-refractivity contribution is 5.53. The summed E-state index contributed by atoms with van der Waals surface area (Å²) < 4.78 is 18.4. The van der Waals surface area contributed by atoms with Gasteiger partial charge in [-0.25, -0.2) is 4.39 Å². The SMILES string of the molecule is Cc1ccc(-c2nnc(CN)o2)cc1F. The molecule has 0 bridgehead atoms. The third kappa shape index (κ3) is 1.87. The lowest BCUT2D eigenvalue weighted by Crippen LogP contribution is -1.95. The molecule has 0 spiro atoms. The van der Waals surface area contributed by atoms with Crippen LogP contribution in [0.2, 0.25) is 0 Å². The van der Waals surface area contributed by atoms with E-state index in [1.54, 1.807) is 19.1 Å². The predicted molar refractivity (Wildman–Crippen MR) is 52.3 cm³/mol. The standard InChI is InChI=1S/C10H10FN3O/c1-6-2-3-7(4-8(6)11)10-14-13-9(5-12)15-10/h2-4H,5,12H2,1H3. The van der Waals surface area contributed by atoms with Crippen LogP contribution >= 0.6 is 0 Å². The molecule has 0 aliphatic heterocycles. The van der Waals surface area contributed by atoms with Crippen molar-refractivity contribution in [2.75, 3.05) is 0 Å². The van der Waals surface area contributed by atoms with Gasteiger partial charge in [-0.1, -0.05) is 6.07 Å². The van der Waals surface area contributed by atoms with Crippen molar-refractivity contribution in [3.8, 4) is 11.5 Å². The Kier molecular flexibility index (Phi) is 2.47. The van der Waals surface area contributed by atoms with Gasteiger partial charge in [0.15, 0.2) is 0 Å². The van der Waals surface area contributed by atoms with Crippen LogP contribution in [-0.2, 0) is 6.54 Å².